The van der Waals surface area contributed by atoms with Gasteiger partial charge >= 0.3 is 0 Å². The number of primary amides is 1. The molecule has 2 saturated heterocycles. The molecule has 4 rings (SSSR count). The molecule has 9 nitrogen and oxygen atoms in total. The molecular formula is C18H20FN4O5+. The largest absolute Gasteiger partial charge is 0.383 e. The number of benzene rings is 1. The lowest BCUT2D eigenvalue weighted by molar-refractivity contribution is -0.732. The van der Waals surface area contributed by atoms with E-state index < -0.39 is 52.9 Å². The fourth-order valence-corrected chi connectivity index (χ4v) is 4.82. The first-order valence-electron chi connectivity index (χ1n) is 8.91. The summed E-state index contributed by atoms with van der Waals surface area (Å²) >= 11 is 0. The zero-order valence-electron chi connectivity index (χ0n) is 15.1. The lowest BCUT2D eigenvalue weighted by atomic mass is 9.76. The van der Waals surface area contributed by atoms with Crippen LogP contribution in [0.1, 0.15) is 12.0 Å². The number of halogens is 1. The van der Waals surface area contributed by atoms with Gasteiger partial charge in [0.1, 0.15) is 23.7 Å². The fourth-order valence-electron chi connectivity index (χ4n) is 4.82. The van der Waals surface area contributed by atoms with Crippen LogP contribution in [0.4, 0.5) is 10.1 Å². The van der Waals surface area contributed by atoms with E-state index in [-0.39, 0.29) is 19.6 Å². The molecule has 3 aliphatic rings. The minimum Gasteiger partial charge on any atom is -0.383 e. The molecule has 148 valence electrons. The van der Waals surface area contributed by atoms with Crippen molar-refractivity contribution < 1.29 is 33.6 Å². The number of hydrogen-bond donors (Lipinski definition) is 3. The minimum atomic E-state index is -1.52. The zero-order valence-corrected chi connectivity index (χ0v) is 15.1. The van der Waals surface area contributed by atoms with Gasteiger partial charge in [-0.3, -0.25) is 24.1 Å². The van der Waals surface area contributed by atoms with Crippen molar-refractivity contribution in [1.29, 1.82) is 0 Å². The van der Waals surface area contributed by atoms with Gasteiger partial charge in [0.2, 0.25) is 23.3 Å². The van der Waals surface area contributed by atoms with Gasteiger partial charge in [0, 0.05) is 12.7 Å². The Kier molecular flexibility index (Phi) is 4.20. The molecule has 3 heterocycles. The Balaban J connectivity index is 1.85. The highest BCUT2D eigenvalue weighted by Crippen LogP contribution is 2.49. The molecule has 1 aromatic carbocycles. The lowest BCUT2D eigenvalue weighted by Crippen LogP contribution is -2.99. The standard InChI is InChI=1S/C18H19FN4O5/c1-28-5-4-23-15(25)13-11(7-12(20)24)22-18(14(13)16(23)26)9-6-8(19)2-3-10(9)21-17(18)27/h2-3,6,11,13-14,22H,4-5,7H2,1H3,(H2,20,24)(H,21,27)/p+1/t11-,13+,14-,18-/m0/s1. The second-order valence-corrected chi connectivity index (χ2v) is 7.34. The van der Waals surface area contributed by atoms with Gasteiger partial charge in [0.05, 0.1) is 25.3 Å². The summed E-state index contributed by atoms with van der Waals surface area (Å²) in [5, 5.41) is 4.22. The fraction of sp³-hybridized carbons (Fsp3) is 0.444. The van der Waals surface area contributed by atoms with E-state index in [4.69, 9.17) is 10.5 Å². The molecule has 2 fully saturated rings. The van der Waals surface area contributed by atoms with E-state index in [0.29, 0.717) is 11.3 Å². The summed E-state index contributed by atoms with van der Waals surface area (Å²) in [4.78, 5) is 51.8. The second-order valence-electron chi connectivity index (χ2n) is 7.34. The van der Waals surface area contributed by atoms with Crippen molar-refractivity contribution in [2.24, 2.45) is 17.6 Å². The van der Waals surface area contributed by atoms with E-state index in [1.807, 2.05) is 0 Å². The number of nitrogens with zero attached hydrogens (tertiary/aromatic N) is 1. The maximum atomic E-state index is 14.0. The molecular weight excluding hydrogens is 371 g/mol. The minimum absolute atomic E-state index is 0.0398. The van der Waals surface area contributed by atoms with Crippen LogP contribution in [0.5, 0.6) is 0 Å². The number of quaternary nitrogens is 1. The molecule has 28 heavy (non-hydrogen) atoms. The van der Waals surface area contributed by atoms with E-state index in [1.165, 1.54) is 30.6 Å². The number of nitrogens with one attached hydrogen (secondary N) is 1. The monoisotopic (exact) mass is 391 g/mol. The normalized spacial score (nSPS) is 30.7. The average molecular weight is 391 g/mol. The van der Waals surface area contributed by atoms with Crippen LogP contribution in [0.2, 0.25) is 0 Å². The van der Waals surface area contributed by atoms with Gasteiger partial charge in [-0.15, -0.1) is 0 Å². The average Bonchev–Trinajstić information content (AvgIpc) is 3.19. The molecule has 1 spiro atoms. The predicted molar refractivity (Wildman–Crippen MR) is 91.8 cm³/mol. The van der Waals surface area contributed by atoms with E-state index in [2.05, 4.69) is 5.32 Å². The van der Waals surface area contributed by atoms with Crippen molar-refractivity contribution >= 4 is 29.3 Å². The molecule has 0 aliphatic carbocycles. The molecule has 5 N–H and O–H groups in total. The van der Waals surface area contributed by atoms with Crippen molar-refractivity contribution in [2.45, 2.75) is 18.0 Å². The number of rotatable bonds is 5. The van der Waals surface area contributed by atoms with Gasteiger partial charge in [-0.25, -0.2) is 4.39 Å². The van der Waals surface area contributed by atoms with Crippen LogP contribution < -0.4 is 16.4 Å². The first-order chi connectivity index (χ1) is 13.3. The van der Waals surface area contributed by atoms with Gasteiger partial charge in [-0.2, -0.15) is 0 Å². The van der Waals surface area contributed by atoms with Gasteiger partial charge in [0.15, 0.2) is 0 Å². The maximum Gasteiger partial charge on any atom is 0.291 e. The number of carbonyl (C=O) groups is 4. The molecule has 0 bridgehead atoms. The Labute approximate surface area is 159 Å². The number of likely N-dealkylation sites (tertiary alicyclic amines) is 1. The van der Waals surface area contributed by atoms with Crippen molar-refractivity contribution in [2.75, 3.05) is 25.6 Å². The predicted octanol–water partition coefficient (Wildman–Crippen LogP) is -1.96. The summed E-state index contributed by atoms with van der Waals surface area (Å²) in [5.41, 5.74) is 4.51. The van der Waals surface area contributed by atoms with Crippen LogP contribution in [0.3, 0.4) is 0 Å². The summed E-state index contributed by atoms with van der Waals surface area (Å²) < 4.78 is 19.0. The van der Waals surface area contributed by atoms with Crippen LogP contribution in [-0.4, -0.2) is 54.8 Å². The highest BCUT2D eigenvalue weighted by molar-refractivity contribution is 6.14. The summed E-state index contributed by atoms with van der Waals surface area (Å²) in [6, 6.07) is 3.12. The summed E-state index contributed by atoms with van der Waals surface area (Å²) in [7, 11) is 1.44. The number of nitrogens with two attached hydrogens (primary N) is 2. The number of methoxy groups -OCH3 is 1. The van der Waals surface area contributed by atoms with E-state index in [0.717, 1.165) is 4.90 Å². The first-order valence-corrected chi connectivity index (χ1v) is 8.91. The van der Waals surface area contributed by atoms with Gasteiger partial charge in [-0.1, -0.05) is 0 Å². The molecule has 1 aromatic rings. The van der Waals surface area contributed by atoms with Crippen molar-refractivity contribution in [1.82, 2.24) is 4.90 Å². The number of hydrogen-bond acceptors (Lipinski definition) is 5. The SMILES string of the molecule is COCCN1C(=O)[C@@H]2[C@H](CC(N)=O)[NH2+][C@]3(C(=O)Nc4ccc(F)cc43)[C@@H]2C1=O. The van der Waals surface area contributed by atoms with E-state index in [9.17, 15) is 23.6 Å². The molecule has 0 saturated carbocycles. The first kappa shape index (κ1) is 18.5. The van der Waals surface area contributed by atoms with E-state index in [1.54, 1.807) is 0 Å². The van der Waals surface area contributed by atoms with Crippen LogP contribution >= 0.6 is 0 Å². The van der Waals surface area contributed by atoms with Crippen molar-refractivity contribution in [3.8, 4) is 0 Å². The Hall–Kier alpha value is -2.85. The van der Waals surface area contributed by atoms with Gasteiger partial charge < -0.3 is 21.1 Å². The van der Waals surface area contributed by atoms with Gasteiger partial charge in [0.25, 0.3) is 5.91 Å². The third kappa shape index (κ3) is 2.38. The van der Waals surface area contributed by atoms with Gasteiger partial charge in [-0.05, 0) is 18.2 Å². The number of ether oxygens (including phenoxy) is 1. The zero-order chi connectivity index (χ0) is 20.2. The number of imide groups is 1. The molecule has 10 heteroatoms. The quantitative estimate of drug-likeness (QED) is 0.501. The van der Waals surface area contributed by atoms with Crippen LogP contribution in [0.15, 0.2) is 18.2 Å². The Morgan fingerprint density at radius 2 is 2.11 bits per heavy atom. The van der Waals surface area contributed by atoms with Crippen molar-refractivity contribution in [3.05, 3.63) is 29.6 Å². The molecule has 0 radical (unpaired) electrons. The third-order valence-corrected chi connectivity index (χ3v) is 5.88. The van der Waals surface area contributed by atoms with Crippen LogP contribution in [0.25, 0.3) is 0 Å². The number of fused-ring (bicyclic) bond motifs is 4. The molecule has 0 unspecified atom stereocenters. The molecule has 4 amide bonds. The third-order valence-electron chi connectivity index (χ3n) is 5.88. The molecule has 3 aliphatic heterocycles. The summed E-state index contributed by atoms with van der Waals surface area (Å²) in [5.74, 6) is -4.67. The van der Waals surface area contributed by atoms with Crippen molar-refractivity contribution in [3.63, 3.8) is 0 Å². The topological polar surface area (TPSA) is 135 Å². The number of anilines is 1. The highest BCUT2D eigenvalue weighted by Gasteiger charge is 2.74. The number of carbonyl (C=O) groups excluding carboxylic acids is 4. The molecule has 0 aromatic heterocycles. The number of amides is 4. The lowest BCUT2D eigenvalue weighted by Gasteiger charge is -2.26. The Morgan fingerprint density at radius 1 is 1.36 bits per heavy atom. The van der Waals surface area contributed by atoms with Crippen LogP contribution in [-0.2, 0) is 29.5 Å². The van der Waals surface area contributed by atoms with E-state index >= 15 is 0 Å². The highest BCUT2D eigenvalue weighted by atomic mass is 19.1. The smallest absolute Gasteiger partial charge is 0.291 e. The van der Waals surface area contributed by atoms with Crippen LogP contribution in [0, 0.1) is 17.7 Å². The molecule has 4 atom stereocenters. The maximum absolute atomic E-state index is 14.0. The summed E-state index contributed by atoms with van der Waals surface area (Å²) in [6.07, 6.45) is -0.183. The Bertz CT molecular complexity index is 906. The second kappa shape index (κ2) is 6.35. The Morgan fingerprint density at radius 3 is 2.79 bits per heavy atom. The summed E-state index contributed by atoms with van der Waals surface area (Å²) in [6.45, 7) is 0.184.